The Morgan fingerprint density at radius 3 is 2.56 bits per heavy atom. The molecule has 0 spiro atoms. The van der Waals surface area contributed by atoms with Crippen LogP contribution in [-0.2, 0) is 21.4 Å². The summed E-state index contributed by atoms with van der Waals surface area (Å²) in [7, 11) is -3.72. The number of benzene rings is 2. The van der Waals surface area contributed by atoms with Crippen LogP contribution in [0.25, 0.3) is 11.1 Å². The molecule has 0 radical (unpaired) electrons. The summed E-state index contributed by atoms with van der Waals surface area (Å²) in [5.74, 6) is -1.43. The van der Waals surface area contributed by atoms with Crippen molar-refractivity contribution < 1.29 is 22.6 Å². The van der Waals surface area contributed by atoms with Crippen LogP contribution in [0.1, 0.15) is 6.92 Å². The lowest BCUT2D eigenvalue weighted by molar-refractivity contribution is -0.384. The first kappa shape index (κ1) is 23.6. The largest absolute Gasteiger partial charge is 0.420 e. The molecule has 4 rings (SSSR count). The average Bonchev–Trinajstić information content (AvgIpc) is 3.13. The zero-order chi connectivity index (χ0) is 24.5. The van der Waals surface area contributed by atoms with Gasteiger partial charge < -0.3 is 14.6 Å². The van der Waals surface area contributed by atoms with Gasteiger partial charge in [-0.15, -0.1) is 0 Å². The molecule has 180 valence electrons. The quantitative estimate of drug-likeness (QED) is 0.387. The zero-order valence-electron chi connectivity index (χ0n) is 18.3. The van der Waals surface area contributed by atoms with E-state index in [9.17, 15) is 28.1 Å². The third kappa shape index (κ3) is 4.71. The van der Waals surface area contributed by atoms with Crippen molar-refractivity contribution in [1.82, 2.24) is 13.8 Å². The van der Waals surface area contributed by atoms with Gasteiger partial charge in [0, 0.05) is 37.9 Å². The molecule has 1 aliphatic heterocycles. The minimum atomic E-state index is -3.72. The molecule has 1 fully saturated rings. The van der Waals surface area contributed by atoms with Crippen LogP contribution in [0.3, 0.4) is 0 Å². The number of rotatable bonds is 7. The average molecular weight is 490 g/mol. The number of hydrogen-bond acceptors (Lipinski definition) is 8. The Kier molecular flexibility index (Phi) is 6.50. The predicted octanol–water partition coefficient (Wildman–Crippen LogP) is 1.47. The monoisotopic (exact) mass is 489 g/mol. The fraction of sp³-hybridized carbons (Fsp3) is 0.333. The summed E-state index contributed by atoms with van der Waals surface area (Å²) in [5, 5.41) is 13.5. The number of nitro groups is 1. The minimum Gasteiger partial charge on any atom is -0.407 e. The van der Waals surface area contributed by atoms with Crippen LogP contribution in [0.15, 0.2) is 56.6 Å². The summed E-state index contributed by atoms with van der Waals surface area (Å²) >= 11 is 0. The van der Waals surface area contributed by atoms with E-state index in [4.69, 9.17) is 4.42 Å². The number of carbonyl (C=O) groups is 1. The Morgan fingerprint density at radius 2 is 1.88 bits per heavy atom. The standard InChI is InChI=1S/C21H23N5O7S/c1-2-23-8-10-24(11-9-23)34(31,32)17-5-3-4-15(12-17)22-20(27)14-25-18-7-6-16(26(29)30)13-19(18)33-21(25)28/h3-7,12-13H,2,8-11,14H2,1H3,(H,22,27). The number of aromatic nitrogens is 1. The Morgan fingerprint density at radius 1 is 1.15 bits per heavy atom. The van der Waals surface area contributed by atoms with Crippen molar-refractivity contribution >= 4 is 38.4 Å². The number of amides is 1. The fourth-order valence-corrected chi connectivity index (χ4v) is 5.30. The van der Waals surface area contributed by atoms with E-state index in [1.807, 2.05) is 6.92 Å². The van der Waals surface area contributed by atoms with Crippen LogP contribution in [0, 0.1) is 10.1 Å². The second-order valence-electron chi connectivity index (χ2n) is 7.78. The molecule has 1 amide bonds. The number of sulfonamides is 1. The van der Waals surface area contributed by atoms with Crippen LogP contribution in [0.2, 0.25) is 0 Å². The van der Waals surface area contributed by atoms with Gasteiger partial charge in [-0.25, -0.2) is 13.2 Å². The molecule has 1 saturated heterocycles. The molecule has 13 heteroatoms. The number of hydrogen-bond donors (Lipinski definition) is 1. The maximum absolute atomic E-state index is 13.0. The predicted molar refractivity (Wildman–Crippen MR) is 123 cm³/mol. The highest BCUT2D eigenvalue weighted by atomic mass is 32.2. The van der Waals surface area contributed by atoms with E-state index >= 15 is 0 Å². The number of oxazole rings is 1. The molecule has 0 unspecified atom stereocenters. The number of nitro benzene ring substituents is 1. The number of anilines is 1. The molecule has 3 aromatic rings. The molecule has 0 atom stereocenters. The van der Waals surface area contributed by atoms with E-state index < -0.39 is 33.2 Å². The first-order valence-electron chi connectivity index (χ1n) is 10.6. The third-order valence-corrected chi connectivity index (χ3v) is 7.59. The molecule has 2 heterocycles. The maximum Gasteiger partial charge on any atom is 0.420 e. The highest BCUT2D eigenvalue weighted by Crippen LogP contribution is 2.22. The van der Waals surface area contributed by atoms with Gasteiger partial charge in [0.2, 0.25) is 15.9 Å². The van der Waals surface area contributed by atoms with Crippen molar-refractivity contribution in [1.29, 1.82) is 0 Å². The maximum atomic E-state index is 13.0. The van der Waals surface area contributed by atoms with Gasteiger partial charge in [0.1, 0.15) is 6.54 Å². The molecule has 0 saturated carbocycles. The molecular formula is C21H23N5O7S. The Labute approximate surface area is 194 Å². The smallest absolute Gasteiger partial charge is 0.407 e. The van der Waals surface area contributed by atoms with Crippen LogP contribution < -0.4 is 11.1 Å². The molecule has 1 aromatic heterocycles. The lowest BCUT2D eigenvalue weighted by Gasteiger charge is -2.33. The van der Waals surface area contributed by atoms with Crippen LogP contribution in [0.5, 0.6) is 0 Å². The Balaban J connectivity index is 1.49. The molecule has 1 N–H and O–H groups in total. The summed E-state index contributed by atoms with van der Waals surface area (Å²) in [4.78, 5) is 37.3. The van der Waals surface area contributed by atoms with Gasteiger partial charge in [0.05, 0.1) is 21.4 Å². The molecule has 0 bridgehead atoms. The van der Waals surface area contributed by atoms with Crippen LogP contribution >= 0.6 is 0 Å². The van der Waals surface area contributed by atoms with E-state index in [-0.39, 0.29) is 27.4 Å². The second kappa shape index (κ2) is 9.37. The fourth-order valence-electron chi connectivity index (χ4n) is 3.83. The molecule has 12 nitrogen and oxygen atoms in total. The Hall–Kier alpha value is -3.55. The first-order valence-corrected chi connectivity index (χ1v) is 12.0. The van der Waals surface area contributed by atoms with Crippen molar-refractivity contribution in [3.05, 3.63) is 63.1 Å². The number of nitrogens with one attached hydrogen (secondary N) is 1. The molecule has 2 aromatic carbocycles. The molecule has 1 aliphatic rings. The molecular weight excluding hydrogens is 466 g/mol. The number of likely N-dealkylation sites (N-methyl/N-ethyl adjacent to an activating group) is 1. The number of nitrogens with zero attached hydrogens (tertiary/aromatic N) is 4. The van der Waals surface area contributed by atoms with Gasteiger partial charge in [-0.3, -0.25) is 19.5 Å². The van der Waals surface area contributed by atoms with E-state index in [0.29, 0.717) is 26.2 Å². The molecule has 0 aliphatic carbocycles. The normalized spacial score (nSPS) is 15.4. The van der Waals surface area contributed by atoms with Gasteiger partial charge in [-0.1, -0.05) is 13.0 Å². The van der Waals surface area contributed by atoms with E-state index in [2.05, 4.69) is 10.2 Å². The number of carbonyl (C=O) groups excluding carboxylic acids is 1. The third-order valence-electron chi connectivity index (χ3n) is 5.70. The van der Waals surface area contributed by atoms with Crippen molar-refractivity contribution in [2.24, 2.45) is 0 Å². The summed E-state index contributed by atoms with van der Waals surface area (Å²) in [5.41, 5.74) is 0.235. The summed E-state index contributed by atoms with van der Waals surface area (Å²) < 4.78 is 33.6. The van der Waals surface area contributed by atoms with E-state index in [1.54, 1.807) is 6.07 Å². The summed E-state index contributed by atoms with van der Waals surface area (Å²) in [6.45, 7) is 4.57. The Bertz CT molecular complexity index is 1400. The minimum absolute atomic E-state index is 0.0109. The van der Waals surface area contributed by atoms with Crippen molar-refractivity contribution in [3.8, 4) is 0 Å². The van der Waals surface area contributed by atoms with Crippen LogP contribution in [0.4, 0.5) is 11.4 Å². The van der Waals surface area contributed by atoms with Crippen molar-refractivity contribution in [3.63, 3.8) is 0 Å². The van der Waals surface area contributed by atoms with Gasteiger partial charge in [0.15, 0.2) is 5.58 Å². The van der Waals surface area contributed by atoms with Gasteiger partial charge in [-0.2, -0.15) is 4.31 Å². The SMILES string of the molecule is CCN1CCN(S(=O)(=O)c2cccc(NC(=O)Cn3c(=O)oc4cc([N+](=O)[O-])ccc43)c2)CC1. The highest BCUT2D eigenvalue weighted by Gasteiger charge is 2.28. The summed E-state index contributed by atoms with van der Waals surface area (Å²) in [6.07, 6.45) is 0. The second-order valence-corrected chi connectivity index (χ2v) is 9.72. The summed E-state index contributed by atoms with van der Waals surface area (Å²) in [6, 6.07) is 9.57. The van der Waals surface area contributed by atoms with Crippen molar-refractivity contribution in [2.75, 3.05) is 38.0 Å². The van der Waals surface area contributed by atoms with E-state index in [1.165, 1.54) is 34.6 Å². The number of fused-ring (bicyclic) bond motifs is 1. The van der Waals surface area contributed by atoms with Crippen LogP contribution in [-0.4, -0.2) is 65.7 Å². The molecule has 34 heavy (non-hydrogen) atoms. The highest BCUT2D eigenvalue weighted by molar-refractivity contribution is 7.89. The van der Waals surface area contributed by atoms with Gasteiger partial charge in [-0.05, 0) is 30.8 Å². The number of piperazine rings is 1. The lowest BCUT2D eigenvalue weighted by atomic mass is 10.3. The van der Waals surface area contributed by atoms with Gasteiger partial charge in [0.25, 0.3) is 5.69 Å². The zero-order valence-corrected chi connectivity index (χ0v) is 19.2. The first-order chi connectivity index (χ1) is 16.2. The van der Waals surface area contributed by atoms with Gasteiger partial charge >= 0.3 is 5.76 Å². The lowest BCUT2D eigenvalue weighted by Crippen LogP contribution is -2.48. The number of non-ortho nitro benzene ring substituents is 1. The topological polar surface area (TPSA) is 148 Å². The van der Waals surface area contributed by atoms with Crippen molar-refractivity contribution in [2.45, 2.75) is 18.4 Å². The van der Waals surface area contributed by atoms with E-state index in [0.717, 1.165) is 17.2 Å².